The number of ether oxygens (including phenoxy) is 1. The molecular formula is C25H32Cl2N2O3. The average molecular weight is 479 g/mol. The molecular weight excluding hydrogens is 447 g/mol. The van der Waals surface area contributed by atoms with E-state index in [1.807, 2.05) is 18.2 Å². The molecule has 4 aliphatic rings. The first kappa shape index (κ1) is 22.5. The second kappa shape index (κ2) is 8.50. The first-order valence-electron chi connectivity index (χ1n) is 11.8. The third-order valence-corrected chi connectivity index (χ3v) is 9.40. The highest BCUT2D eigenvalue weighted by atomic mass is 35.5. The van der Waals surface area contributed by atoms with Gasteiger partial charge in [-0.2, -0.15) is 0 Å². The topological polar surface area (TPSA) is 53.0 Å². The minimum Gasteiger partial charge on any atom is -0.461 e. The fourth-order valence-corrected chi connectivity index (χ4v) is 6.71. The molecule has 2 heterocycles. The van der Waals surface area contributed by atoms with Crippen molar-refractivity contribution < 1.29 is 14.6 Å². The Kier molecular flexibility index (Phi) is 5.98. The van der Waals surface area contributed by atoms with Crippen LogP contribution >= 0.6 is 23.2 Å². The van der Waals surface area contributed by atoms with Crippen LogP contribution < -0.4 is 4.90 Å². The molecule has 7 heteroatoms. The van der Waals surface area contributed by atoms with Crippen LogP contribution in [0.25, 0.3) is 0 Å². The second-order valence-electron chi connectivity index (χ2n) is 10.2. The molecule has 174 valence electrons. The summed E-state index contributed by atoms with van der Waals surface area (Å²) in [6.07, 6.45) is 4.46. The molecule has 1 aromatic carbocycles. The Morgan fingerprint density at radius 2 is 1.94 bits per heavy atom. The van der Waals surface area contributed by atoms with Crippen LogP contribution in [0.5, 0.6) is 0 Å². The highest BCUT2D eigenvalue weighted by molar-refractivity contribution is 6.42. The number of anilines is 1. The maximum atomic E-state index is 12.9. The summed E-state index contributed by atoms with van der Waals surface area (Å²) in [5, 5.41) is 12.7. The number of aliphatic hydroxyl groups excluding tert-OH is 1. The molecule has 32 heavy (non-hydrogen) atoms. The third kappa shape index (κ3) is 3.66. The molecule has 3 fully saturated rings. The number of allylic oxidation sites excluding steroid dienone is 1. The monoisotopic (exact) mass is 478 g/mol. The van der Waals surface area contributed by atoms with Gasteiger partial charge in [-0.1, -0.05) is 48.7 Å². The van der Waals surface area contributed by atoms with Gasteiger partial charge in [0.05, 0.1) is 22.1 Å². The number of aliphatic hydroxyl groups is 1. The number of benzene rings is 1. The van der Waals surface area contributed by atoms with Crippen LogP contribution in [0.4, 0.5) is 5.69 Å². The number of halogens is 2. The minimum absolute atomic E-state index is 0.127. The zero-order chi connectivity index (χ0) is 22.6. The molecule has 0 bridgehead atoms. The van der Waals surface area contributed by atoms with Crippen LogP contribution in [-0.2, 0) is 9.53 Å². The Morgan fingerprint density at radius 1 is 1.19 bits per heavy atom. The van der Waals surface area contributed by atoms with Crippen molar-refractivity contribution in [2.75, 3.05) is 37.6 Å². The molecule has 5 rings (SSSR count). The van der Waals surface area contributed by atoms with E-state index in [4.69, 9.17) is 27.9 Å². The standard InChI is InChI=1S/C25H32Cl2N2O3/c1-15-4-3-5-16-12-21-22(23(30)25(15,16)2)18(24(31)32-21)14-28-8-10-29(11-9-28)17-6-7-19(26)20(27)13-17/h5-7,13,15,18,21-23,30H,3-4,8-12,14H2,1-2H3/t15-,18?,21+,22+,23-,25+/m0/s1. The largest absolute Gasteiger partial charge is 0.461 e. The lowest BCUT2D eigenvalue weighted by Gasteiger charge is -2.52. The van der Waals surface area contributed by atoms with E-state index in [2.05, 4.69) is 29.7 Å². The maximum absolute atomic E-state index is 12.9. The van der Waals surface area contributed by atoms with Gasteiger partial charge in [-0.15, -0.1) is 0 Å². The smallest absolute Gasteiger partial charge is 0.311 e. The number of hydrogen-bond donors (Lipinski definition) is 1. The lowest BCUT2D eigenvalue weighted by atomic mass is 9.55. The van der Waals surface area contributed by atoms with Crippen molar-refractivity contribution in [1.29, 1.82) is 0 Å². The summed E-state index contributed by atoms with van der Waals surface area (Å²) in [5.74, 6) is -0.122. The van der Waals surface area contributed by atoms with Crippen LogP contribution in [0.15, 0.2) is 29.8 Å². The summed E-state index contributed by atoms with van der Waals surface area (Å²) in [6, 6.07) is 5.74. The van der Waals surface area contributed by atoms with Crippen LogP contribution in [0.2, 0.25) is 10.0 Å². The van der Waals surface area contributed by atoms with E-state index in [0.29, 0.717) is 22.5 Å². The van der Waals surface area contributed by atoms with E-state index in [-0.39, 0.29) is 29.3 Å². The lowest BCUT2D eigenvalue weighted by molar-refractivity contribution is -0.145. The number of fused-ring (bicyclic) bond motifs is 2. The molecule has 0 amide bonds. The molecule has 6 atom stereocenters. The van der Waals surface area contributed by atoms with Gasteiger partial charge in [0.15, 0.2) is 0 Å². The van der Waals surface area contributed by atoms with E-state index in [9.17, 15) is 9.90 Å². The van der Waals surface area contributed by atoms with Crippen LogP contribution in [0, 0.1) is 23.2 Å². The van der Waals surface area contributed by atoms with E-state index in [1.54, 1.807) is 0 Å². The summed E-state index contributed by atoms with van der Waals surface area (Å²) in [4.78, 5) is 17.5. The molecule has 2 aliphatic heterocycles. The molecule has 5 nitrogen and oxygen atoms in total. The van der Waals surface area contributed by atoms with Gasteiger partial charge in [0.2, 0.25) is 0 Å². The number of rotatable bonds is 3. The Labute approximate surface area is 200 Å². The van der Waals surface area contributed by atoms with Crippen LogP contribution in [0.3, 0.4) is 0 Å². The SMILES string of the molecule is C[C@H]1CCC=C2C[C@H]3OC(=O)C(CN4CCN(c5ccc(Cl)c(Cl)c5)CC4)[C@H]3[C@H](O)[C@@]21C. The second-order valence-corrected chi connectivity index (χ2v) is 11.0. The highest BCUT2D eigenvalue weighted by Crippen LogP contribution is 2.56. The van der Waals surface area contributed by atoms with E-state index >= 15 is 0 Å². The van der Waals surface area contributed by atoms with Gasteiger partial charge in [0, 0.05) is 56.2 Å². The molecule has 1 N–H and O–H groups in total. The van der Waals surface area contributed by atoms with Crippen molar-refractivity contribution in [3.05, 3.63) is 39.9 Å². The Balaban J connectivity index is 1.27. The normalized spacial score (nSPS) is 37.5. The van der Waals surface area contributed by atoms with Crippen molar-refractivity contribution in [3.8, 4) is 0 Å². The van der Waals surface area contributed by atoms with E-state index in [0.717, 1.165) is 51.1 Å². The maximum Gasteiger partial charge on any atom is 0.311 e. The zero-order valence-corrected chi connectivity index (χ0v) is 20.3. The van der Waals surface area contributed by atoms with Crippen molar-refractivity contribution in [3.63, 3.8) is 0 Å². The lowest BCUT2D eigenvalue weighted by Crippen LogP contribution is -2.55. The highest BCUT2D eigenvalue weighted by Gasteiger charge is 2.59. The van der Waals surface area contributed by atoms with Gasteiger partial charge in [0.25, 0.3) is 0 Å². The first-order valence-corrected chi connectivity index (χ1v) is 12.5. The Morgan fingerprint density at radius 3 is 2.66 bits per heavy atom. The summed E-state index contributed by atoms with van der Waals surface area (Å²) >= 11 is 12.2. The average Bonchev–Trinajstić information content (AvgIpc) is 3.08. The number of esters is 1. The van der Waals surface area contributed by atoms with Crippen molar-refractivity contribution in [2.45, 2.75) is 45.3 Å². The van der Waals surface area contributed by atoms with Gasteiger partial charge in [-0.25, -0.2) is 0 Å². The number of hydrogen-bond acceptors (Lipinski definition) is 5. The first-order chi connectivity index (χ1) is 15.3. The van der Waals surface area contributed by atoms with E-state index in [1.165, 1.54) is 5.57 Å². The van der Waals surface area contributed by atoms with Crippen LogP contribution in [0.1, 0.15) is 33.1 Å². The molecule has 1 aromatic rings. The van der Waals surface area contributed by atoms with Crippen LogP contribution in [-0.4, -0.2) is 60.9 Å². The quantitative estimate of drug-likeness (QED) is 0.515. The molecule has 2 aliphatic carbocycles. The molecule has 0 radical (unpaired) electrons. The molecule has 2 saturated heterocycles. The molecule has 0 aromatic heterocycles. The van der Waals surface area contributed by atoms with Crippen molar-refractivity contribution in [1.82, 2.24) is 4.90 Å². The number of piperazine rings is 1. The fourth-order valence-electron chi connectivity index (χ4n) is 6.42. The minimum atomic E-state index is -0.545. The molecule has 1 unspecified atom stereocenters. The predicted molar refractivity (Wildman–Crippen MR) is 127 cm³/mol. The zero-order valence-electron chi connectivity index (χ0n) is 18.8. The predicted octanol–water partition coefficient (Wildman–Crippen LogP) is 4.40. The van der Waals surface area contributed by atoms with Gasteiger partial charge in [-0.05, 0) is 37.0 Å². The summed E-state index contributed by atoms with van der Waals surface area (Å²) < 4.78 is 5.83. The fraction of sp³-hybridized carbons (Fsp3) is 0.640. The van der Waals surface area contributed by atoms with Crippen molar-refractivity contribution in [2.24, 2.45) is 23.2 Å². The van der Waals surface area contributed by atoms with Gasteiger partial charge in [-0.3, -0.25) is 9.69 Å². The molecule has 1 saturated carbocycles. The summed E-state index contributed by atoms with van der Waals surface area (Å²) in [6.45, 7) is 8.52. The van der Waals surface area contributed by atoms with Crippen molar-refractivity contribution >= 4 is 34.9 Å². The van der Waals surface area contributed by atoms with Gasteiger partial charge >= 0.3 is 5.97 Å². The van der Waals surface area contributed by atoms with Gasteiger partial charge < -0.3 is 14.7 Å². The third-order valence-electron chi connectivity index (χ3n) is 8.67. The summed E-state index contributed by atoms with van der Waals surface area (Å²) in [5.41, 5.74) is 2.10. The van der Waals surface area contributed by atoms with Gasteiger partial charge in [0.1, 0.15) is 6.10 Å². The molecule has 0 spiro atoms. The Hall–Kier alpha value is -1.27. The number of carbonyl (C=O) groups excluding carboxylic acids is 1. The van der Waals surface area contributed by atoms with E-state index < -0.39 is 6.10 Å². The number of nitrogens with zero attached hydrogens (tertiary/aromatic N) is 2. The summed E-state index contributed by atoms with van der Waals surface area (Å²) in [7, 11) is 0. The number of carbonyl (C=O) groups is 1. The Bertz CT molecular complexity index is 930.